The molecule has 0 radical (unpaired) electrons. The van der Waals surface area contributed by atoms with Crippen molar-refractivity contribution < 1.29 is 9.13 Å². The van der Waals surface area contributed by atoms with E-state index in [4.69, 9.17) is 10.5 Å². The molecule has 2 nitrogen and oxygen atoms in total. The Hall–Kier alpha value is -1.39. The lowest BCUT2D eigenvalue weighted by Gasteiger charge is -2.15. The predicted octanol–water partition coefficient (Wildman–Crippen LogP) is 4.79. The molecule has 0 aliphatic heterocycles. The van der Waals surface area contributed by atoms with Gasteiger partial charge in [0.2, 0.25) is 0 Å². The SMILES string of the molecule is CC[C@@H](N)c1ccccc1Oc1cc(Br)ccc1F. The van der Waals surface area contributed by atoms with Gasteiger partial charge in [-0.3, -0.25) is 0 Å². The summed E-state index contributed by atoms with van der Waals surface area (Å²) >= 11 is 3.30. The first-order valence-electron chi connectivity index (χ1n) is 6.09. The Balaban J connectivity index is 2.35. The molecule has 0 aromatic heterocycles. The third-order valence-corrected chi connectivity index (χ3v) is 3.36. The van der Waals surface area contributed by atoms with Crippen LogP contribution >= 0.6 is 15.9 Å². The molecular formula is C15H15BrFNO. The molecule has 1 atom stereocenters. The van der Waals surface area contributed by atoms with Crippen LogP contribution in [0.3, 0.4) is 0 Å². The van der Waals surface area contributed by atoms with Gasteiger partial charge in [0.25, 0.3) is 0 Å². The highest BCUT2D eigenvalue weighted by atomic mass is 79.9. The molecule has 2 aromatic carbocycles. The molecule has 0 spiro atoms. The smallest absolute Gasteiger partial charge is 0.165 e. The summed E-state index contributed by atoms with van der Waals surface area (Å²) in [5.41, 5.74) is 6.91. The Morgan fingerprint density at radius 1 is 1.21 bits per heavy atom. The summed E-state index contributed by atoms with van der Waals surface area (Å²) in [7, 11) is 0. The molecule has 0 saturated heterocycles. The largest absolute Gasteiger partial charge is 0.454 e. The van der Waals surface area contributed by atoms with E-state index in [1.807, 2.05) is 25.1 Å². The van der Waals surface area contributed by atoms with Crippen molar-refractivity contribution in [3.8, 4) is 11.5 Å². The van der Waals surface area contributed by atoms with Gasteiger partial charge in [0, 0.05) is 16.1 Å². The molecule has 0 saturated carbocycles. The van der Waals surface area contributed by atoms with Crippen LogP contribution < -0.4 is 10.5 Å². The fraction of sp³-hybridized carbons (Fsp3) is 0.200. The van der Waals surface area contributed by atoms with Gasteiger partial charge in [-0.1, -0.05) is 41.1 Å². The van der Waals surface area contributed by atoms with Gasteiger partial charge >= 0.3 is 0 Å². The second-order valence-electron chi connectivity index (χ2n) is 4.23. The number of hydrogen-bond donors (Lipinski definition) is 1. The molecule has 4 heteroatoms. The maximum atomic E-state index is 13.7. The number of nitrogens with two attached hydrogens (primary N) is 1. The predicted molar refractivity (Wildman–Crippen MR) is 77.8 cm³/mol. The molecule has 0 amide bonds. The zero-order valence-electron chi connectivity index (χ0n) is 10.6. The lowest BCUT2D eigenvalue weighted by molar-refractivity contribution is 0.432. The van der Waals surface area contributed by atoms with Crippen LogP contribution in [0.4, 0.5) is 4.39 Å². The summed E-state index contributed by atoms with van der Waals surface area (Å²) in [4.78, 5) is 0. The second-order valence-corrected chi connectivity index (χ2v) is 5.15. The van der Waals surface area contributed by atoms with Crippen molar-refractivity contribution in [3.63, 3.8) is 0 Å². The van der Waals surface area contributed by atoms with Crippen molar-refractivity contribution in [2.75, 3.05) is 0 Å². The summed E-state index contributed by atoms with van der Waals surface area (Å²) in [5, 5.41) is 0. The number of para-hydroxylation sites is 1. The monoisotopic (exact) mass is 323 g/mol. The number of hydrogen-bond acceptors (Lipinski definition) is 2. The summed E-state index contributed by atoms with van der Waals surface area (Å²) in [6, 6.07) is 11.9. The van der Waals surface area contributed by atoms with E-state index in [9.17, 15) is 4.39 Å². The molecule has 0 heterocycles. The van der Waals surface area contributed by atoms with Crippen molar-refractivity contribution in [2.24, 2.45) is 5.73 Å². The van der Waals surface area contributed by atoms with Gasteiger partial charge in [0.05, 0.1) is 0 Å². The fourth-order valence-corrected chi connectivity index (χ4v) is 2.11. The van der Waals surface area contributed by atoms with E-state index in [0.717, 1.165) is 16.5 Å². The topological polar surface area (TPSA) is 35.2 Å². The van der Waals surface area contributed by atoms with Crippen LogP contribution in [-0.2, 0) is 0 Å². The molecule has 2 rings (SSSR count). The van der Waals surface area contributed by atoms with Gasteiger partial charge < -0.3 is 10.5 Å². The highest BCUT2D eigenvalue weighted by molar-refractivity contribution is 9.10. The molecular weight excluding hydrogens is 309 g/mol. The summed E-state index contributed by atoms with van der Waals surface area (Å²) in [6.07, 6.45) is 0.793. The standard InChI is InChI=1S/C15H15BrFNO/c1-2-13(18)11-5-3-4-6-14(11)19-15-9-10(16)7-8-12(15)17/h3-9,13H,2,18H2,1H3/t13-/m1/s1. The summed E-state index contributed by atoms with van der Waals surface area (Å²) in [5.74, 6) is 0.377. The van der Waals surface area contributed by atoms with E-state index >= 15 is 0 Å². The van der Waals surface area contributed by atoms with Crippen LogP contribution in [0, 0.1) is 5.82 Å². The number of ether oxygens (including phenoxy) is 1. The van der Waals surface area contributed by atoms with Crippen LogP contribution in [0.25, 0.3) is 0 Å². The Morgan fingerprint density at radius 3 is 2.68 bits per heavy atom. The first kappa shape index (κ1) is 14.0. The van der Waals surface area contributed by atoms with Crippen molar-refractivity contribution in [1.29, 1.82) is 0 Å². The van der Waals surface area contributed by atoms with E-state index in [1.165, 1.54) is 6.07 Å². The molecule has 0 aliphatic carbocycles. The van der Waals surface area contributed by atoms with Gasteiger partial charge in [-0.25, -0.2) is 4.39 Å². The normalized spacial score (nSPS) is 12.2. The van der Waals surface area contributed by atoms with Crippen molar-refractivity contribution in [1.82, 2.24) is 0 Å². The molecule has 0 bridgehead atoms. The van der Waals surface area contributed by atoms with Crippen molar-refractivity contribution in [2.45, 2.75) is 19.4 Å². The quantitative estimate of drug-likeness (QED) is 0.877. The van der Waals surface area contributed by atoms with Crippen LogP contribution in [0.1, 0.15) is 24.9 Å². The summed E-state index contributed by atoms with van der Waals surface area (Å²) in [6.45, 7) is 2.00. The minimum absolute atomic E-state index is 0.119. The molecule has 0 aliphatic rings. The lowest BCUT2D eigenvalue weighted by Crippen LogP contribution is -2.09. The highest BCUT2D eigenvalue weighted by Gasteiger charge is 2.12. The summed E-state index contributed by atoms with van der Waals surface area (Å²) < 4.78 is 20.1. The van der Waals surface area contributed by atoms with Crippen LogP contribution in [0.15, 0.2) is 46.9 Å². The highest BCUT2D eigenvalue weighted by Crippen LogP contribution is 2.32. The van der Waals surface area contributed by atoms with Gasteiger partial charge in [0.1, 0.15) is 5.75 Å². The molecule has 100 valence electrons. The zero-order valence-corrected chi connectivity index (χ0v) is 12.2. The third kappa shape index (κ3) is 3.33. The molecule has 0 unspecified atom stereocenters. The molecule has 2 N–H and O–H groups in total. The van der Waals surface area contributed by atoms with E-state index in [2.05, 4.69) is 15.9 Å². The van der Waals surface area contributed by atoms with Gasteiger partial charge in [0.15, 0.2) is 11.6 Å². The number of rotatable bonds is 4. The Kier molecular flexibility index (Phi) is 4.56. The second kappa shape index (κ2) is 6.17. The minimum Gasteiger partial charge on any atom is -0.454 e. The average Bonchev–Trinajstić information content (AvgIpc) is 2.42. The fourth-order valence-electron chi connectivity index (χ4n) is 1.77. The number of halogens is 2. The van der Waals surface area contributed by atoms with Crippen molar-refractivity contribution in [3.05, 3.63) is 58.3 Å². The maximum absolute atomic E-state index is 13.7. The van der Waals surface area contributed by atoms with E-state index in [0.29, 0.717) is 5.75 Å². The zero-order chi connectivity index (χ0) is 13.8. The molecule has 0 fully saturated rings. The Labute approximate surface area is 120 Å². The van der Waals surface area contributed by atoms with Gasteiger partial charge in [-0.2, -0.15) is 0 Å². The van der Waals surface area contributed by atoms with E-state index in [-0.39, 0.29) is 11.8 Å². The Bertz CT molecular complexity index is 574. The van der Waals surface area contributed by atoms with Crippen LogP contribution in [-0.4, -0.2) is 0 Å². The van der Waals surface area contributed by atoms with Crippen molar-refractivity contribution >= 4 is 15.9 Å². The number of benzene rings is 2. The maximum Gasteiger partial charge on any atom is 0.165 e. The third-order valence-electron chi connectivity index (χ3n) is 2.87. The first-order chi connectivity index (χ1) is 9.11. The molecule has 19 heavy (non-hydrogen) atoms. The lowest BCUT2D eigenvalue weighted by atomic mass is 10.0. The van der Waals surface area contributed by atoms with Crippen LogP contribution in [0.5, 0.6) is 11.5 Å². The van der Waals surface area contributed by atoms with Crippen LogP contribution in [0.2, 0.25) is 0 Å². The van der Waals surface area contributed by atoms with Gasteiger partial charge in [-0.05, 0) is 30.7 Å². The molecule has 2 aromatic rings. The van der Waals surface area contributed by atoms with Gasteiger partial charge in [-0.15, -0.1) is 0 Å². The minimum atomic E-state index is -0.400. The van der Waals surface area contributed by atoms with E-state index in [1.54, 1.807) is 18.2 Å². The Morgan fingerprint density at radius 2 is 1.95 bits per heavy atom. The van der Waals surface area contributed by atoms with E-state index < -0.39 is 5.82 Å². The first-order valence-corrected chi connectivity index (χ1v) is 6.88. The average molecular weight is 324 g/mol.